The van der Waals surface area contributed by atoms with E-state index in [1.807, 2.05) is 0 Å². The predicted molar refractivity (Wildman–Crippen MR) is 99.1 cm³/mol. The van der Waals surface area contributed by atoms with Gasteiger partial charge in [-0.3, -0.25) is 9.59 Å². The summed E-state index contributed by atoms with van der Waals surface area (Å²) >= 11 is 11.9. The quantitative estimate of drug-likeness (QED) is 0.821. The highest BCUT2D eigenvalue weighted by Crippen LogP contribution is 2.26. The summed E-state index contributed by atoms with van der Waals surface area (Å²) < 4.78 is 0. The minimum atomic E-state index is -0.399. The number of carbonyl (C=O) groups excluding carboxylic acids is 2. The molecule has 2 N–H and O–H groups in total. The molecule has 136 valence electrons. The maximum atomic E-state index is 12.7. The van der Waals surface area contributed by atoms with Crippen LogP contribution in [0.25, 0.3) is 0 Å². The number of benzene rings is 1. The van der Waals surface area contributed by atoms with Gasteiger partial charge in [0.1, 0.15) is 6.04 Å². The molecule has 2 aliphatic rings. The van der Waals surface area contributed by atoms with Crippen molar-refractivity contribution >= 4 is 35.0 Å². The summed E-state index contributed by atoms with van der Waals surface area (Å²) in [7, 11) is 0. The predicted octanol–water partition coefficient (Wildman–Crippen LogP) is 2.71. The second-order valence-electron chi connectivity index (χ2n) is 6.72. The Morgan fingerprint density at radius 2 is 2.08 bits per heavy atom. The molecule has 0 aliphatic carbocycles. The average Bonchev–Trinajstić information content (AvgIpc) is 3.28. The van der Waals surface area contributed by atoms with Gasteiger partial charge in [-0.15, -0.1) is 0 Å². The second-order valence-corrected chi connectivity index (χ2v) is 7.54. The Hall–Kier alpha value is -1.30. The number of likely N-dealkylation sites (tertiary alicyclic amines) is 1. The Balaban J connectivity index is 1.57. The topological polar surface area (TPSA) is 61.4 Å². The molecule has 7 heteroatoms. The smallest absolute Gasteiger partial charge is 0.254 e. The van der Waals surface area contributed by atoms with E-state index in [4.69, 9.17) is 23.2 Å². The van der Waals surface area contributed by atoms with E-state index < -0.39 is 6.04 Å². The van der Waals surface area contributed by atoms with Crippen LogP contribution in [0.15, 0.2) is 18.2 Å². The van der Waals surface area contributed by atoms with Gasteiger partial charge in [-0.05, 0) is 62.9 Å². The van der Waals surface area contributed by atoms with E-state index >= 15 is 0 Å². The highest BCUT2D eigenvalue weighted by Gasteiger charge is 2.34. The maximum absolute atomic E-state index is 12.7. The molecule has 2 saturated heterocycles. The zero-order chi connectivity index (χ0) is 17.8. The van der Waals surface area contributed by atoms with Gasteiger partial charge >= 0.3 is 0 Å². The van der Waals surface area contributed by atoms with Gasteiger partial charge in [-0.25, -0.2) is 0 Å². The van der Waals surface area contributed by atoms with Crippen LogP contribution in [0.3, 0.4) is 0 Å². The molecule has 0 radical (unpaired) electrons. The standard InChI is InChI=1S/C18H23Cl2N3O2/c19-14-4-3-13(10-15(14)20)18(25)23-9-1-2-16(23)17(24)22-8-6-12-5-7-21-11-12/h3-4,10,12,16,21H,1-2,5-9,11H2,(H,22,24). The fraction of sp³-hybridized carbons (Fsp3) is 0.556. The molecule has 0 aromatic heterocycles. The number of hydrogen-bond acceptors (Lipinski definition) is 3. The summed E-state index contributed by atoms with van der Waals surface area (Å²) in [5.74, 6) is 0.408. The summed E-state index contributed by atoms with van der Waals surface area (Å²) in [5.41, 5.74) is 0.464. The summed E-state index contributed by atoms with van der Waals surface area (Å²) in [5, 5.41) is 7.09. The van der Waals surface area contributed by atoms with Crippen molar-refractivity contribution in [3.8, 4) is 0 Å². The number of nitrogens with one attached hydrogen (secondary N) is 2. The Kier molecular flexibility index (Phi) is 6.20. The molecule has 1 aromatic carbocycles. The molecule has 2 heterocycles. The molecule has 1 aromatic rings. The SMILES string of the molecule is O=C(NCCC1CCNC1)C1CCCN1C(=O)c1ccc(Cl)c(Cl)c1. The van der Waals surface area contributed by atoms with Gasteiger partial charge in [-0.2, -0.15) is 0 Å². The molecule has 0 saturated carbocycles. The van der Waals surface area contributed by atoms with Crippen LogP contribution in [-0.2, 0) is 4.79 Å². The first kappa shape index (κ1) is 18.5. The number of halogens is 2. The van der Waals surface area contributed by atoms with E-state index in [-0.39, 0.29) is 11.8 Å². The molecule has 0 spiro atoms. The molecule has 2 amide bonds. The van der Waals surface area contributed by atoms with Crippen LogP contribution in [0.4, 0.5) is 0 Å². The van der Waals surface area contributed by atoms with E-state index in [1.165, 1.54) is 6.42 Å². The zero-order valence-electron chi connectivity index (χ0n) is 14.1. The average molecular weight is 384 g/mol. The molecule has 2 aliphatic heterocycles. The molecule has 5 nitrogen and oxygen atoms in total. The number of carbonyl (C=O) groups is 2. The molecule has 0 bridgehead atoms. The van der Waals surface area contributed by atoms with Crippen LogP contribution in [0.2, 0.25) is 10.0 Å². The molecule has 25 heavy (non-hydrogen) atoms. The largest absolute Gasteiger partial charge is 0.354 e. The lowest BCUT2D eigenvalue weighted by Crippen LogP contribution is -2.46. The van der Waals surface area contributed by atoms with Crippen LogP contribution in [0.5, 0.6) is 0 Å². The Bertz CT molecular complexity index is 647. The first-order valence-corrected chi connectivity index (χ1v) is 9.56. The third-order valence-electron chi connectivity index (χ3n) is 5.00. The van der Waals surface area contributed by atoms with Crippen molar-refractivity contribution in [2.75, 3.05) is 26.2 Å². The minimum absolute atomic E-state index is 0.0585. The lowest BCUT2D eigenvalue weighted by Gasteiger charge is -2.24. The lowest BCUT2D eigenvalue weighted by molar-refractivity contribution is -0.124. The van der Waals surface area contributed by atoms with Gasteiger partial charge in [0.05, 0.1) is 10.0 Å². The van der Waals surface area contributed by atoms with Gasteiger partial charge in [0.15, 0.2) is 0 Å². The van der Waals surface area contributed by atoms with Crippen molar-refractivity contribution < 1.29 is 9.59 Å². The summed E-state index contributed by atoms with van der Waals surface area (Å²) in [6.07, 6.45) is 3.68. The van der Waals surface area contributed by atoms with E-state index in [0.29, 0.717) is 41.0 Å². The van der Waals surface area contributed by atoms with Crippen LogP contribution in [0, 0.1) is 5.92 Å². The fourth-order valence-electron chi connectivity index (χ4n) is 3.56. The highest BCUT2D eigenvalue weighted by atomic mass is 35.5. The van der Waals surface area contributed by atoms with E-state index in [2.05, 4.69) is 10.6 Å². The number of hydrogen-bond donors (Lipinski definition) is 2. The van der Waals surface area contributed by atoms with Gasteiger partial charge in [-0.1, -0.05) is 23.2 Å². The van der Waals surface area contributed by atoms with Crippen molar-refractivity contribution in [1.82, 2.24) is 15.5 Å². The minimum Gasteiger partial charge on any atom is -0.354 e. The molecule has 2 fully saturated rings. The van der Waals surface area contributed by atoms with Crippen LogP contribution >= 0.6 is 23.2 Å². The normalized spacial score (nSPS) is 23.0. The van der Waals surface area contributed by atoms with Gasteiger partial charge in [0.25, 0.3) is 5.91 Å². The Labute approximate surface area is 158 Å². The van der Waals surface area contributed by atoms with Gasteiger partial charge in [0.2, 0.25) is 5.91 Å². The monoisotopic (exact) mass is 383 g/mol. The summed E-state index contributed by atoms with van der Waals surface area (Å²) in [4.78, 5) is 26.9. The fourth-order valence-corrected chi connectivity index (χ4v) is 3.85. The number of rotatable bonds is 5. The van der Waals surface area contributed by atoms with Gasteiger partial charge < -0.3 is 15.5 Å². The highest BCUT2D eigenvalue weighted by molar-refractivity contribution is 6.42. The summed E-state index contributed by atoms with van der Waals surface area (Å²) in [6.45, 7) is 3.34. The second kappa shape index (κ2) is 8.39. The molecular weight excluding hydrogens is 361 g/mol. The van der Waals surface area contributed by atoms with Crippen LogP contribution in [0.1, 0.15) is 36.0 Å². The lowest BCUT2D eigenvalue weighted by atomic mass is 10.1. The first-order chi connectivity index (χ1) is 12.1. The van der Waals surface area contributed by atoms with E-state index in [9.17, 15) is 9.59 Å². The summed E-state index contributed by atoms with van der Waals surface area (Å²) in [6, 6.07) is 4.42. The first-order valence-electron chi connectivity index (χ1n) is 8.80. The molecule has 2 atom stereocenters. The van der Waals surface area contributed by atoms with Gasteiger partial charge in [0, 0.05) is 18.7 Å². The zero-order valence-corrected chi connectivity index (χ0v) is 15.6. The van der Waals surface area contributed by atoms with Crippen molar-refractivity contribution in [3.63, 3.8) is 0 Å². The number of amides is 2. The molecule has 3 rings (SSSR count). The van der Waals surface area contributed by atoms with Crippen LogP contribution < -0.4 is 10.6 Å². The number of nitrogens with zero attached hydrogens (tertiary/aromatic N) is 1. The van der Waals surface area contributed by atoms with E-state index in [0.717, 1.165) is 25.9 Å². The van der Waals surface area contributed by atoms with Crippen molar-refractivity contribution in [3.05, 3.63) is 33.8 Å². The van der Waals surface area contributed by atoms with Crippen molar-refractivity contribution in [2.45, 2.75) is 31.7 Å². The maximum Gasteiger partial charge on any atom is 0.254 e. The van der Waals surface area contributed by atoms with E-state index in [1.54, 1.807) is 23.1 Å². The third-order valence-corrected chi connectivity index (χ3v) is 5.74. The van der Waals surface area contributed by atoms with Crippen molar-refractivity contribution in [1.29, 1.82) is 0 Å². The van der Waals surface area contributed by atoms with Crippen LogP contribution in [-0.4, -0.2) is 48.9 Å². The third kappa shape index (κ3) is 4.46. The molecule has 2 unspecified atom stereocenters. The van der Waals surface area contributed by atoms with Crippen molar-refractivity contribution in [2.24, 2.45) is 5.92 Å². The molecular formula is C18H23Cl2N3O2. The Morgan fingerprint density at radius 1 is 1.24 bits per heavy atom. The Morgan fingerprint density at radius 3 is 2.80 bits per heavy atom.